The maximum absolute atomic E-state index is 12.3. The van der Waals surface area contributed by atoms with Gasteiger partial charge in [-0.3, -0.25) is 4.79 Å². The van der Waals surface area contributed by atoms with Gasteiger partial charge >= 0.3 is 0 Å². The molecule has 0 aliphatic rings. The number of carbonyl (C=O) groups is 1. The van der Waals surface area contributed by atoms with E-state index < -0.39 is 22.5 Å². The Balaban J connectivity index is 1.94. The Labute approximate surface area is 157 Å². The molecule has 2 aromatic rings. The van der Waals surface area contributed by atoms with Gasteiger partial charge in [0, 0.05) is 12.1 Å². The summed E-state index contributed by atoms with van der Waals surface area (Å²) in [6.07, 6.45) is 0. The quantitative estimate of drug-likeness (QED) is 0.708. The van der Waals surface area contributed by atoms with Crippen LogP contribution in [0.3, 0.4) is 0 Å². The second kappa shape index (κ2) is 8.88. The van der Waals surface area contributed by atoms with Crippen molar-refractivity contribution in [3.05, 3.63) is 53.1 Å². The summed E-state index contributed by atoms with van der Waals surface area (Å²) in [6, 6.07) is 11.3. The molecule has 0 aliphatic heterocycles. The van der Waals surface area contributed by atoms with E-state index in [1.165, 1.54) is 32.4 Å². The Morgan fingerprint density at radius 2 is 1.77 bits per heavy atom. The lowest BCUT2D eigenvalue weighted by molar-refractivity contribution is -0.120. The van der Waals surface area contributed by atoms with Crippen LogP contribution in [0.25, 0.3) is 0 Å². The molecule has 0 bridgehead atoms. The van der Waals surface area contributed by atoms with Crippen molar-refractivity contribution < 1.29 is 22.7 Å². The molecule has 1 amide bonds. The number of hydrogen-bond donors (Lipinski definition) is 2. The average molecular weight is 399 g/mol. The Morgan fingerprint density at radius 1 is 1.08 bits per heavy atom. The highest BCUT2D eigenvalue weighted by atomic mass is 35.5. The molecule has 0 unspecified atom stereocenters. The van der Waals surface area contributed by atoms with Gasteiger partial charge in [-0.2, -0.15) is 0 Å². The Hall–Kier alpha value is -2.29. The lowest BCUT2D eigenvalue weighted by atomic mass is 10.2. The predicted molar refractivity (Wildman–Crippen MR) is 98.0 cm³/mol. The zero-order valence-corrected chi connectivity index (χ0v) is 15.9. The van der Waals surface area contributed by atoms with Gasteiger partial charge in [-0.25, -0.2) is 13.1 Å². The standard InChI is InChI=1S/C17H19ClN2O5S/c1-24-15-6-4-3-5-12(15)10-19-17(21)11-20-26(22,23)13-7-8-16(25-2)14(18)9-13/h3-9,20H,10-11H2,1-2H3,(H,19,21). The van der Waals surface area contributed by atoms with Gasteiger partial charge in [0.2, 0.25) is 15.9 Å². The minimum Gasteiger partial charge on any atom is -0.496 e. The first kappa shape index (κ1) is 20.0. The highest BCUT2D eigenvalue weighted by Gasteiger charge is 2.17. The Morgan fingerprint density at radius 3 is 2.42 bits per heavy atom. The molecule has 0 aromatic heterocycles. The molecule has 9 heteroatoms. The van der Waals surface area contributed by atoms with Gasteiger partial charge in [0.25, 0.3) is 0 Å². The number of methoxy groups -OCH3 is 2. The number of amides is 1. The van der Waals surface area contributed by atoms with E-state index in [2.05, 4.69) is 10.0 Å². The van der Waals surface area contributed by atoms with Crippen LogP contribution in [0.1, 0.15) is 5.56 Å². The highest BCUT2D eigenvalue weighted by Crippen LogP contribution is 2.26. The molecular weight excluding hydrogens is 380 g/mol. The number of benzene rings is 2. The van der Waals surface area contributed by atoms with E-state index >= 15 is 0 Å². The van der Waals surface area contributed by atoms with E-state index in [-0.39, 0.29) is 16.5 Å². The number of hydrogen-bond acceptors (Lipinski definition) is 5. The molecule has 0 radical (unpaired) electrons. The van der Waals surface area contributed by atoms with E-state index in [1.807, 2.05) is 18.2 Å². The van der Waals surface area contributed by atoms with Gasteiger partial charge in [-0.1, -0.05) is 29.8 Å². The second-order valence-corrected chi connectivity index (χ2v) is 7.38. The summed E-state index contributed by atoms with van der Waals surface area (Å²) in [4.78, 5) is 11.9. The first-order chi connectivity index (χ1) is 12.4. The summed E-state index contributed by atoms with van der Waals surface area (Å²) in [5.41, 5.74) is 0.785. The molecule has 0 spiro atoms. The van der Waals surface area contributed by atoms with Crippen molar-refractivity contribution in [2.24, 2.45) is 0 Å². The number of para-hydroxylation sites is 1. The van der Waals surface area contributed by atoms with Crippen molar-refractivity contribution >= 4 is 27.5 Å². The number of sulfonamides is 1. The van der Waals surface area contributed by atoms with Crippen LogP contribution >= 0.6 is 11.6 Å². The van der Waals surface area contributed by atoms with Crippen LogP contribution in [-0.2, 0) is 21.4 Å². The minimum atomic E-state index is -3.87. The predicted octanol–water partition coefficient (Wildman–Crippen LogP) is 1.95. The molecular formula is C17H19ClN2O5S. The van der Waals surface area contributed by atoms with E-state index in [4.69, 9.17) is 21.1 Å². The fourth-order valence-electron chi connectivity index (χ4n) is 2.16. The lowest BCUT2D eigenvalue weighted by Gasteiger charge is -2.11. The molecule has 2 rings (SSSR count). The number of carbonyl (C=O) groups excluding carboxylic acids is 1. The fourth-order valence-corrected chi connectivity index (χ4v) is 3.49. The van der Waals surface area contributed by atoms with Gasteiger partial charge in [-0.15, -0.1) is 0 Å². The lowest BCUT2D eigenvalue weighted by Crippen LogP contribution is -2.36. The van der Waals surface area contributed by atoms with Gasteiger partial charge in [0.05, 0.1) is 30.7 Å². The van der Waals surface area contributed by atoms with Gasteiger partial charge in [0.1, 0.15) is 11.5 Å². The van der Waals surface area contributed by atoms with Gasteiger partial charge in [-0.05, 0) is 24.3 Å². The van der Waals surface area contributed by atoms with Crippen LogP contribution in [0, 0.1) is 0 Å². The summed E-state index contributed by atoms with van der Waals surface area (Å²) >= 11 is 5.94. The normalized spacial score (nSPS) is 11.0. The summed E-state index contributed by atoms with van der Waals surface area (Å²) in [6.45, 7) is -0.180. The van der Waals surface area contributed by atoms with Crippen molar-refractivity contribution in [1.29, 1.82) is 0 Å². The minimum absolute atomic E-state index is 0.0548. The molecule has 0 aliphatic carbocycles. The molecule has 2 N–H and O–H groups in total. The fraction of sp³-hybridized carbons (Fsp3) is 0.235. The Kier molecular flexibility index (Phi) is 6.84. The van der Waals surface area contributed by atoms with Crippen molar-refractivity contribution in [2.45, 2.75) is 11.4 Å². The molecule has 26 heavy (non-hydrogen) atoms. The zero-order valence-electron chi connectivity index (χ0n) is 14.3. The molecule has 0 saturated carbocycles. The maximum Gasteiger partial charge on any atom is 0.241 e. The molecule has 0 heterocycles. The summed E-state index contributed by atoms with van der Waals surface area (Å²) in [7, 11) is -0.907. The van der Waals surface area contributed by atoms with Crippen molar-refractivity contribution in [1.82, 2.24) is 10.0 Å². The molecule has 0 fully saturated rings. The van der Waals surface area contributed by atoms with Crippen molar-refractivity contribution in [3.8, 4) is 11.5 Å². The van der Waals surface area contributed by atoms with Gasteiger partial charge in [0.15, 0.2) is 0 Å². The third-order valence-corrected chi connectivity index (χ3v) is 5.22. The average Bonchev–Trinajstić information content (AvgIpc) is 2.64. The van der Waals surface area contributed by atoms with Crippen molar-refractivity contribution in [2.75, 3.05) is 20.8 Å². The first-order valence-corrected chi connectivity index (χ1v) is 9.45. The summed E-state index contributed by atoms with van der Waals surface area (Å²) < 4.78 is 36.9. The number of rotatable bonds is 8. The van der Waals surface area contributed by atoms with Crippen LogP contribution in [0.2, 0.25) is 5.02 Å². The zero-order chi connectivity index (χ0) is 19.2. The molecule has 0 atom stereocenters. The second-order valence-electron chi connectivity index (χ2n) is 5.21. The summed E-state index contributed by atoms with van der Waals surface area (Å²) in [5.74, 6) is 0.528. The van der Waals surface area contributed by atoms with E-state index in [9.17, 15) is 13.2 Å². The third kappa shape index (κ3) is 5.10. The SMILES string of the molecule is COc1ccc(S(=O)(=O)NCC(=O)NCc2ccccc2OC)cc1Cl. The molecule has 7 nitrogen and oxygen atoms in total. The van der Waals surface area contributed by atoms with Crippen LogP contribution in [0.5, 0.6) is 11.5 Å². The summed E-state index contributed by atoms with van der Waals surface area (Å²) in [5, 5.41) is 2.80. The largest absolute Gasteiger partial charge is 0.496 e. The number of halogens is 1. The van der Waals surface area contributed by atoms with E-state index in [1.54, 1.807) is 6.07 Å². The molecule has 2 aromatic carbocycles. The Bertz CT molecular complexity index is 886. The first-order valence-electron chi connectivity index (χ1n) is 7.59. The van der Waals surface area contributed by atoms with Crippen molar-refractivity contribution in [3.63, 3.8) is 0 Å². The number of ether oxygens (including phenoxy) is 2. The van der Waals surface area contributed by atoms with E-state index in [0.29, 0.717) is 11.5 Å². The smallest absolute Gasteiger partial charge is 0.241 e. The topological polar surface area (TPSA) is 93.7 Å². The maximum atomic E-state index is 12.3. The molecule has 0 saturated heterocycles. The van der Waals surface area contributed by atoms with Crippen LogP contribution in [0.4, 0.5) is 0 Å². The van der Waals surface area contributed by atoms with Crippen LogP contribution in [-0.4, -0.2) is 35.1 Å². The van der Waals surface area contributed by atoms with Crippen LogP contribution < -0.4 is 19.5 Å². The highest BCUT2D eigenvalue weighted by molar-refractivity contribution is 7.89. The van der Waals surface area contributed by atoms with Crippen LogP contribution in [0.15, 0.2) is 47.4 Å². The van der Waals surface area contributed by atoms with Gasteiger partial charge < -0.3 is 14.8 Å². The molecule has 140 valence electrons. The monoisotopic (exact) mass is 398 g/mol. The number of nitrogens with one attached hydrogen (secondary N) is 2. The third-order valence-electron chi connectivity index (χ3n) is 3.52. The van der Waals surface area contributed by atoms with E-state index in [0.717, 1.165) is 5.56 Å².